The van der Waals surface area contributed by atoms with Crippen LogP contribution in [-0.2, 0) is 9.53 Å². The summed E-state index contributed by atoms with van der Waals surface area (Å²) in [5.41, 5.74) is 2.33. The van der Waals surface area contributed by atoms with E-state index in [1.807, 2.05) is 42.5 Å². The molecular weight excluding hydrogens is 555 g/mol. The molecule has 3 aliphatic heterocycles. The SMILES string of the molecule is COc1ccc(C2=NN(C(=O)CN(CCN3CCOCC3)C(=O)c3ccccc3F)[C@@H](c3ccc4c(c3)OCO4)C2)cc1. The Kier molecular flexibility index (Phi) is 8.52. The fraction of sp³-hybridized carbons (Fsp3) is 0.344. The van der Waals surface area contributed by atoms with Crippen molar-refractivity contribution in [3.8, 4) is 17.2 Å². The number of morpholine rings is 1. The number of halogens is 1. The quantitative estimate of drug-likeness (QED) is 0.376. The van der Waals surface area contributed by atoms with Gasteiger partial charge in [-0.25, -0.2) is 9.40 Å². The van der Waals surface area contributed by atoms with Crippen LogP contribution in [0.4, 0.5) is 4.39 Å². The molecule has 224 valence electrons. The normalized spacial score (nSPS) is 18.0. The van der Waals surface area contributed by atoms with Crippen molar-refractivity contribution in [3.63, 3.8) is 0 Å². The van der Waals surface area contributed by atoms with E-state index in [-0.39, 0.29) is 31.4 Å². The van der Waals surface area contributed by atoms with Crippen molar-refractivity contribution >= 4 is 17.5 Å². The lowest BCUT2D eigenvalue weighted by Crippen LogP contribution is -2.46. The number of nitrogens with zero attached hydrogens (tertiary/aromatic N) is 4. The van der Waals surface area contributed by atoms with E-state index in [0.29, 0.717) is 43.4 Å². The summed E-state index contributed by atoms with van der Waals surface area (Å²) in [5, 5.41) is 6.20. The van der Waals surface area contributed by atoms with Gasteiger partial charge in [-0.05, 0) is 59.7 Å². The van der Waals surface area contributed by atoms with Crippen molar-refractivity contribution in [2.24, 2.45) is 5.10 Å². The molecule has 0 aromatic heterocycles. The molecule has 0 spiro atoms. The molecule has 0 saturated carbocycles. The molecule has 3 heterocycles. The molecule has 3 aromatic carbocycles. The van der Waals surface area contributed by atoms with Crippen molar-refractivity contribution < 1.29 is 32.9 Å². The van der Waals surface area contributed by atoms with Gasteiger partial charge in [0.2, 0.25) is 6.79 Å². The van der Waals surface area contributed by atoms with Crippen molar-refractivity contribution in [2.45, 2.75) is 12.5 Å². The zero-order valence-corrected chi connectivity index (χ0v) is 23.9. The average molecular weight is 589 g/mol. The molecule has 10 nitrogen and oxygen atoms in total. The smallest absolute Gasteiger partial charge is 0.262 e. The lowest BCUT2D eigenvalue weighted by atomic mass is 9.98. The van der Waals surface area contributed by atoms with Gasteiger partial charge in [-0.1, -0.05) is 18.2 Å². The van der Waals surface area contributed by atoms with Gasteiger partial charge in [-0.2, -0.15) is 5.10 Å². The van der Waals surface area contributed by atoms with Gasteiger partial charge >= 0.3 is 0 Å². The van der Waals surface area contributed by atoms with Gasteiger partial charge in [-0.15, -0.1) is 0 Å². The average Bonchev–Trinajstić information content (AvgIpc) is 3.71. The van der Waals surface area contributed by atoms with Crippen LogP contribution in [0.15, 0.2) is 71.8 Å². The van der Waals surface area contributed by atoms with Crippen LogP contribution in [0.1, 0.15) is 33.9 Å². The minimum absolute atomic E-state index is 0.0755. The lowest BCUT2D eigenvalue weighted by molar-refractivity contribution is -0.133. The topological polar surface area (TPSA) is 93.1 Å². The van der Waals surface area contributed by atoms with Gasteiger partial charge in [0.1, 0.15) is 18.1 Å². The first-order valence-electron chi connectivity index (χ1n) is 14.3. The molecule has 0 radical (unpaired) electrons. The molecule has 3 aliphatic rings. The molecule has 1 atom stereocenters. The minimum atomic E-state index is -0.629. The van der Waals surface area contributed by atoms with Crippen molar-refractivity contribution in [2.75, 3.05) is 59.8 Å². The van der Waals surface area contributed by atoms with E-state index in [0.717, 1.165) is 29.9 Å². The van der Waals surface area contributed by atoms with Gasteiger partial charge < -0.3 is 23.8 Å². The van der Waals surface area contributed by atoms with E-state index < -0.39 is 17.8 Å². The molecule has 1 saturated heterocycles. The third-order valence-corrected chi connectivity index (χ3v) is 7.88. The maximum absolute atomic E-state index is 14.7. The monoisotopic (exact) mass is 588 g/mol. The standard InChI is InChI=1S/C32H33FN4O6/c1-40-24-9-6-22(7-10-24)27-19-28(23-8-11-29-30(18-23)43-21-42-29)37(34-27)31(38)20-36(13-12-35-14-16-41-17-15-35)32(39)25-4-2-3-5-26(25)33/h2-11,18,28H,12-17,19-21H2,1H3/t28-/m1/s1. The van der Waals surface area contributed by atoms with Gasteiger partial charge in [0.15, 0.2) is 11.5 Å². The van der Waals surface area contributed by atoms with Gasteiger partial charge in [0.25, 0.3) is 11.8 Å². The highest BCUT2D eigenvalue weighted by Crippen LogP contribution is 2.39. The van der Waals surface area contributed by atoms with Crippen molar-refractivity contribution in [1.82, 2.24) is 14.8 Å². The van der Waals surface area contributed by atoms with Crippen LogP contribution < -0.4 is 14.2 Å². The van der Waals surface area contributed by atoms with E-state index in [4.69, 9.17) is 24.0 Å². The molecule has 43 heavy (non-hydrogen) atoms. The summed E-state index contributed by atoms with van der Waals surface area (Å²) in [4.78, 5) is 31.2. The molecule has 1 fully saturated rings. The van der Waals surface area contributed by atoms with Crippen LogP contribution in [0.5, 0.6) is 17.2 Å². The first kappa shape index (κ1) is 28.6. The number of amides is 2. The summed E-state index contributed by atoms with van der Waals surface area (Å²) >= 11 is 0. The zero-order chi connectivity index (χ0) is 29.8. The molecule has 0 N–H and O–H groups in total. The second kappa shape index (κ2) is 12.8. The molecule has 6 rings (SSSR count). The molecule has 0 unspecified atom stereocenters. The number of benzene rings is 3. The van der Waals surface area contributed by atoms with Crippen LogP contribution in [0.3, 0.4) is 0 Å². The summed E-state index contributed by atoms with van der Waals surface area (Å²) in [6.07, 6.45) is 0.451. The number of hydrazone groups is 1. The summed E-state index contributed by atoms with van der Waals surface area (Å²) < 4.78 is 36.5. The maximum Gasteiger partial charge on any atom is 0.262 e. The first-order valence-corrected chi connectivity index (χ1v) is 14.3. The Balaban J connectivity index is 1.28. The molecular formula is C32H33FN4O6. The molecule has 0 aliphatic carbocycles. The number of carbonyl (C=O) groups excluding carboxylic acids is 2. The van der Waals surface area contributed by atoms with E-state index in [1.165, 1.54) is 28.1 Å². The summed E-state index contributed by atoms with van der Waals surface area (Å²) in [7, 11) is 1.60. The predicted molar refractivity (Wildman–Crippen MR) is 156 cm³/mol. The fourth-order valence-corrected chi connectivity index (χ4v) is 5.46. The van der Waals surface area contributed by atoms with E-state index in [2.05, 4.69) is 4.90 Å². The van der Waals surface area contributed by atoms with E-state index in [1.54, 1.807) is 13.2 Å². The van der Waals surface area contributed by atoms with Crippen molar-refractivity contribution in [3.05, 3.63) is 89.2 Å². The summed E-state index contributed by atoms with van der Waals surface area (Å²) in [6, 6.07) is 18.5. The van der Waals surface area contributed by atoms with Gasteiger partial charge in [0, 0.05) is 32.6 Å². The predicted octanol–water partition coefficient (Wildman–Crippen LogP) is 3.72. The Morgan fingerprint density at radius 1 is 1.02 bits per heavy atom. The number of methoxy groups -OCH3 is 1. The summed E-state index contributed by atoms with van der Waals surface area (Å²) in [5.74, 6) is 0.404. The molecule has 11 heteroatoms. The largest absolute Gasteiger partial charge is 0.497 e. The summed E-state index contributed by atoms with van der Waals surface area (Å²) in [6.45, 7) is 3.31. The highest BCUT2D eigenvalue weighted by atomic mass is 19.1. The molecule has 2 amide bonds. The van der Waals surface area contributed by atoms with Crippen LogP contribution in [-0.4, -0.2) is 92.2 Å². The Morgan fingerprint density at radius 2 is 1.79 bits per heavy atom. The highest BCUT2D eigenvalue weighted by Gasteiger charge is 2.36. The van der Waals surface area contributed by atoms with Gasteiger partial charge in [-0.3, -0.25) is 14.5 Å². The van der Waals surface area contributed by atoms with E-state index in [9.17, 15) is 14.0 Å². The fourth-order valence-electron chi connectivity index (χ4n) is 5.46. The van der Waals surface area contributed by atoms with Gasteiger partial charge in [0.05, 0.1) is 37.6 Å². The second-order valence-electron chi connectivity index (χ2n) is 10.5. The maximum atomic E-state index is 14.7. The van der Waals surface area contributed by atoms with Crippen LogP contribution in [0, 0.1) is 5.82 Å². The van der Waals surface area contributed by atoms with E-state index >= 15 is 0 Å². The number of carbonyl (C=O) groups is 2. The first-order chi connectivity index (χ1) is 21.0. The highest BCUT2D eigenvalue weighted by molar-refractivity contribution is 6.04. The Labute approximate surface area is 249 Å². The molecule has 3 aromatic rings. The minimum Gasteiger partial charge on any atom is -0.497 e. The Morgan fingerprint density at radius 3 is 2.56 bits per heavy atom. The Hall–Kier alpha value is -4.48. The number of ether oxygens (including phenoxy) is 4. The van der Waals surface area contributed by atoms with Crippen LogP contribution in [0.25, 0.3) is 0 Å². The number of hydrogen-bond donors (Lipinski definition) is 0. The number of hydrogen-bond acceptors (Lipinski definition) is 8. The van der Waals surface area contributed by atoms with Crippen LogP contribution in [0.2, 0.25) is 0 Å². The lowest BCUT2D eigenvalue weighted by Gasteiger charge is -2.31. The van der Waals surface area contributed by atoms with Crippen LogP contribution >= 0.6 is 0 Å². The second-order valence-corrected chi connectivity index (χ2v) is 10.5. The third kappa shape index (κ3) is 6.32. The number of fused-ring (bicyclic) bond motifs is 1. The third-order valence-electron chi connectivity index (χ3n) is 7.88. The molecule has 0 bridgehead atoms. The zero-order valence-electron chi connectivity index (χ0n) is 23.9. The number of rotatable bonds is 9. The Bertz CT molecular complexity index is 1510. The van der Waals surface area contributed by atoms with Crippen molar-refractivity contribution in [1.29, 1.82) is 0 Å².